The lowest BCUT2D eigenvalue weighted by atomic mass is 9.88. The van der Waals surface area contributed by atoms with Gasteiger partial charge in [-0.15, -0.1) is 0 Å². The maximum atomic E-state index is 12.7. The van der Waals surface area contributed by atoms with E-state index < -0.39 is 0 Å². The summed E-state index contributed by atoms with van der Waals surface area (Å²) in [6.45, 7) is 4.35. The van der Waals surface area contributed by atoms with E-state index in [1.807, 2.05) is 23.1 Å². The first-order valence-electron chi connectivity index (χ1n) is 9.07. The second kappa shape index (κ2) is 7.79. The van der Waals surface area contributed by atoms with Gasteiger partial charge in [-0.1, -0.05) is 25.3 Å². The van der Waals surface area contributed by atoms with Crippen molar-refractivity contribution in [1.29, 1.82) is 0 Å². The number of benzene rings is 1. The molecule has 1 atom stereocenters. The lowest BCUT2D eigenvalue weighted by Crippen LogP contribution is -2.51. The number of nitrogens with zero attached hydrogens (tertiary/aromatic N) is 1. The first-order valence-corrected chi connectivity index (χ1v) is 9.07. The largest absolute Gasteiger partial charge is 0.336 e. The summed E-state index contributed by atoms with van der Waals surface area (Å²) in [6, 6.07) is 7.64. The van der Waals surface area contributed by atoms with Crippen LogP contribution >= 0.6 is 0 Å². The normalized spacial score (nSPS) is 22.2. The number of hydrogen-bond acceptors (Lipinski definition) is 3. The van der Waals surface area contributed by atoms with Crippen LogP contribution < -0.4 is 10.6 Å². The second-order valence-corrected chi connectivity index (χ2v) is 7.01. The Hall–Kier alpha value is -1.88. The molecule has 2 aliphatic rings. The zero-order chi connectivity index (χ0) is 16.9. The molecular weight excluding hydrogens is 302 g/mol. The van der Waals surface area contributed by atoms with Crippen molar-refractivity contribution >= 4 is 17.5 Å². The zero-order valence-electron chi connectivity index (χ0n) is 14.4. The number of rotatable bonds is 3. The van der Waals surface area contributed by atoms with Crippen LogP contribution in [0.5, 0.6) is 0 Å². The van der Waals surface area contributed by atoms with Gasteiger partial charge in [-0.3, -0.25) is 9.59 Å². The third-order valence-corrected chi connectivity index (χ3v) is 5.01. The quantitative estimate of drug-likeness (QED) is 0.896. The number of carbonyl (C=O) groups excluding carboxylic acids is 2. The van der Waals surface area contributed by atoms with E-state index in [0.29, 0.717) is 11.6 Å². The maximum Gasteiger partial charge on any atom is 0.254 e. The van der Waals surface area contributed by atoms with Gasteiger partial charge < -0.3 is 15.5 Å². The predicted octanol–water partition coefficient (Wildman–Crippen LogP) is 2.64. The van der Waals surface area contributed by atoms with Crippen molar-refractivity contribution in [1.82, 2.24) is 10.2 Å². The molecular formula is C19H27N3O2. The SMILES string of the molecule is CC1CN(C(=O)c2cccc(NC(=O)C3CCCCC3)c2)CCN1. The topological polar surface area (TPSA) is 61.4 Å². The fraction of sp³-hybridized carbons (Fsp3) is 0.579. The Bertz CT molecular complexity index is 596. The highest BCUT2D eigenvalue weighted by molar-refractivity contribution is 5.97. The highest BCUT2D eigenvalue weighted by Gasteiger charge is 2.23. The molecule has 2 amide bonds. The Labute approximate surface area is 143 Å². The van der Waals surface area contributed by atoms with E-state index in [9.17, 15) is 9.59 Å². The fourth-order valence-electron chi connectivity index (χ4n) is 3.64. The van der Waals surface area contributed by atoms with Crippen LogP contribution in [-0.2, 0) is 4.79 Å². The monoisotopic (exact) mass is 329 g/mol. The van der Waals surface area contributed by atoms with Crippen LogP contribution in [0.1, 0.15) is 49.4 Å². The Morgan fingerprint density at radius 3 is 2.75 bits per heavy atom. The van der Waals surface area contributed by atoms with Crippen LogP contribution in [0, 0.1) is 5.92 Å². The van der Waals surface area contributed by atoms with Gasteiger partial charge >= 0.3 is 0 Å². The summed E-state index contributed by atoms with van der Waals surface area (Å²) in [4.78, 5) is 26.9. The highest BCUT2D eigenvalue weighted by atomic mass is 16.2. The van der Waals surface area contributed by atoms with E-state index >= 15 is 0 Å². The van der Waals surface area contributed by atoms with Crippen molar-refractivity contribution in [2.24, 2.45) is 5.92 Å². The maximum absolute atomic E-state index is 12.7. The van der Waals surface area contributed by atoms with E-state index in [-0.39, 0.29) is 17.7 Å². The standard InChI is InChI=1S/C19H27N3O2/c1-14-13-22(11-10-20-14)19(24)16-8-5-9-17(12-16)21-18(23)15-6-3-2-4-7-15/h5,8-9,12,14-15,20H,2-4,6-7,10-11,13H2,1H3,(H,21,23). The van der Waals surface area contributed by atoms with Crippen molar-refractivity contribution in [3.63, 3.8) is 0 Å². The molecule has 1 heterocycles. The van der Waals surface area contributed by atoms with Crippen molar-refractivity contribution < 1.29 is 9.59 Å². The molecule has 2 fully saturated rings. The average molecular weight is 329 g/mol. The molecule has 1 unspecified atom stereocenters. The summed E-state index contributed by atoms with van der Waals surface area (Å²) in [5.74, 6) is 0.249. The van der Waals surface area contributed by atoms with Gasteiger partial charge in [-0.2, -0.15) is 0 Å². The van der Waals surface area contributed by atoms with E-state index in [1.165, 1.54) is 6.42 Å². The van der Waals surface area contributed by atoms with Crippen molar-refractivity contribution in [2.75, 3.05) is 25.0 Å². The second-order valence-electron chi connectivity index (χ2n) is 7.01. The minimum Gasteiger partial charge on any atom is -0.336 e. The molecule has 0 radical (unpaired) electrons. The van der Waals surface area contributed by atoms with Crippen LogP contribution in [0.2, 0.25) is 0 Å². The van der Waals surface area contributed by atoms with Gasteiger partial charge in [0.2, 0.25) is 5.91 Å². The molecule has 0 aromatic heterocycles. The van der Waals surface area contributed by atoms with Gasteiger partial charge in [0.15, 0.2) is 0 Å². The molecule has 2 N–H and O–H groups in total. The molecule has 1 aliphatic carbocycles. The van der Waals surface area contributed by atoms with E-state index in [2.05, 4.69) is 17.6 Å². The molecule has 0 bridgehead atoms. The van der Waals surface area contributed by atoms with E-state index in [4.69, 9.17) is 0 Å². The van der Waals surface area contributed by atoms with Gasteiger partial charge in [0.1, 0.15) is 0 Å². The van der Waals surface area contributed by atoms with Crippen LogP contribution in [-0.4, -0.2) is 42.4 Å². The smallest absolute Gasteiger partial charge is 0.254 e. The minimum atomic E-state index is 0.0390. The first-order chi connectivity index (χ1) is 11.6. The van der Waals surface area contributed by atoms with Gasteiger partial charge in [0, 0.05) is 42.8 Å². The van der Waals surface area contributed by atoms with E-state index in [0.717, 1.165) is 51.0 Å². The minimum absolute atomic E-state index is 0.0390. The number of piperazine rings is 1. The number of hydrogen-bond donors (Lipinski definition) is 2. The predicted molar refractivity (Wildman–Crippen MR) is 95.0 cm³/mol. The summed E-state index contributed by atoms with van der Waals surface area (Å²) < 4.78 is 0. The summed E-state index contributed by atoms with van der Waals surface area (Å²) >= 11 is 0. The fourth-order valence-corrected chi connectivity index (χ4v) is 3.64. The Morgan fingerprint density at radius 2 is 2.00 bits per heavy atom. The molecule has 0 spiro atoms. The molecule has 1 saturated heterocycles. The van der Waals surface area contributed by atoms with Crippen molar-refractivity contribution in [3.05, 3.63) is 29.8 Å². The molecule has 5 heteroatoms. The molecule has 24 heavy (non-hydrogen) atoms. The molecule has 5 nitrogen and oxygen atoms in total. The zero-order valence-corrected chi connectivity index (χ0v) is 14.4. The van der Waals surface area contributed by atoms with Gasteiger partial charge in [-0.25, -0.2) is 0 Å². The molecule has 1 aromatic rings. The molecule has 1 aromatic carbocycles. The number of carbonyl (C=O) groups is 2. The van der Waals surface area contributed by atoms with E-state index in [1.54, 1.807) is 6.07 Å². The van der Waals surface area contributed by atoms with Gasteiger partial charge in [0.05, 0.1) is 0 Å². The number of anilines is 1. The van der Waals surface area contributed by atoms with Crippen LogP contribution in [0.25, 0.3) is 0 Å². The van der Waals surface area contributed by atoms with Crippen LogP contribution in [0.4, 0.5) is 5.69 Å². The summed E-state index contributed by atoms with van der Waals surface area (Å²) in [6.07, 6.45) is 5.46. The molecule has 1 saturated carbocycles. The molecule has 1 aliphatic heterocycles. The summed E-state index contributed by atoms with van der Waals surface area (Å²) in [5.41, 5.74) is 1.37. The highest BCUT2D eigenvalue weighted by Crippen LogP contribution is 2.25. The van der Waals surface area contributed by atoms with Crippen molar-refractivity contribution in [2.45, 2.75) is 45.1 Å². The lowest BCUT2D eigenvalue weighted by molar-refractivity contribution is -0.120. The summed E-state index contributed by atoms with van der Waals surface area (Å²) in [7, 11) is 0. The van der Waals surface area contributed by atoms with Crippen LogP contribution in [0.3, 0.4) is 0 Å². The Balaban J connectivity index is 1.65. The third-order valence-electron chi connectivity index (χ3n) is 5.01. The van der Waals surface area contributed by atoms with Gasteiger partial charge in [0.25, 0.3) is 5.91 Å². The van der Waals surface area contributed by atoms with Crippen LogP contribution in [0.15, 0.2) is 24.3 Å². The number of nitrogens with one attached hydrogen (secondary N) is 2. The molecule has 130 valence electrons. The Morgan fingerprint density at radius 1 is 1.21 bits per heavy atom. The molecule has 3 rings (SSSR count). The summed E-state index contributed by atoms with van der Waals surface area (Å²) in [5, 5.41) is 6.34. The lowest BCUT2D eigenvalue weighted by Gasteiger charge is -2.32. The first kappa shape index (κ1) is 17.0. The van der Waals surface area contributed by atoms with Crippen molar-refractivity contribution in [3.8, 4) is 0 Å². The third kappa shape index (κ3) is 4.15. The van der Waals surface area contributed by atoms with Gasteiger partial charge in [-0.05, 0) is 38.0 Å². The number of amides is 2. The average Bonchev–Trinajstić information content (AvgIpc) is 2.62. The Kier molecular flexibility index (Phi) is 5.51.